The van der Waals surface area contributed by atoms with Gasteiger partial charge in [-0.3, -0.25) is 4.99 Å². The molecular weight excluding hydrogens is 765 g/mol. The van der Waals surface area contributed by atoms with E-state index < -0.39 is 19.5 Å². The molecule has 0 fully saturated rings. The Labute approximate surface area is 347 Å². The van der Waals surface area contributed by atoms with Crippen LogP contribution in [0.2, 0.25) is 0 Å². The van der Waals surface area contributed by atoms with E-state index >= 15 is 0 Å². The SMILES string of the molecule is CC1(C)C(/C=C/c2cc3c(s2)-c2sc(-c4ccc(N(c5ccccc5)c5ccccc5)cc4)cc2[Si]3(c2ccccc2)c2ccccc2)=Nc2ccc(C(=O)O)cc21. The maximum absolute atomic E-state index is 11.8. The molecule has 7 heteroatoms. The smallest absolute Gasteiger partial charge is 0.335 e. The summed E-state index contributed by atoms with van der Waals surface area (Å²) in [6, 6.07) is 62.6. The van der Waals surface area contributed by atoms with E-state index in [9.17, 15) is 9.90 Å². The summed E-state index contributed by atoms with van der Waals surface area (Å²) in [5, 5.41) is 15.3. The summed E-state index contributed by atoms with van der Waals surface area (Å²) in [4.78, 5) is 24.2. The van der Waals surface area contributed by atoms with Crippen molar-refractivity contribution in [1.29, 1.82) is 0 Å². The van der Waals surface area contributed by atoms with Crippen molar-refractivity contribution in [3.63, 3.8) is 0 Å². The van der Waals surface area contributed by atoms with E-state index in [1.54, 1.807) is 12.1 Å². The maximum atomic E-state index is 11.8. The van der Waals surface area contributed by atoms with Crippen molar-refractivity contribution in [1.82, 2.24) is 0 Å². The van der Waals surface area contributed by atoms with E-state index in [0.29, 0.717) is 0 Å². The molecule has 2 aromatic heterocycles. The monoisotopic (exact) mass is 802 g/mol. The van der Waals surface area contributed by atoms with Gasteiger partial charge in [0.2, 0.25) is 0 Å². The molecule has 4 heterocycles. The number of para-hydroxylation sites is 2. The summed E-state index contributed by atoms with van der Waals surface area (Å²) in [7, 11) is -2.70. The molecule has 0 aliphatic carbocycles. The lowest BCUT2D eigenvalue weighted by molar-refractivity contribution is 0.0696. The fourth-order valence-electron chi connectivity index (χ4n) is 8.69. The lowest BCUT2D eigenvalue weighted by Gasteiger charge is -2.30. The predicted octanol–water partition coefficient (Wildman–Crippen LogP) is 11.1. The average molecular weight is 803 g/mol. The molecule has 0 radical (unpaired) electrons. The van der Waals surface area contributed by atoms with Crippen LogP contribution in [0.4, 0.5) is 22.7 Å². The van der Waals surface area contributed by atoms with Crippen LogP contribution in [0.3, 0.4) is 0 Å². The highest BCUT2D eigenvalue weighted by atomic mass is 32.1. The van der Waals surface area contributed by atoms with E-state index in [-0.39, 0.29) is 5.56 Å². The number of rotatable bonds is 9. The van der Waals surface area contributed by atoms with Crippen molar-refractivity contribution in [2.75, 3.05) is 4.90 Å². The van der Waals surface area contributed by atoms with Crippen molar-refractivity contribution in [3.8, 4) is 20.2 Å². The molecule has 0 saturated heterocycles. The van der Waals surface area contributed by atoms with Crippen LogP contribution in [0.1, 0.15) is 34.6 Å². The van der Waals surface area contributed by atoms with Gasteiger partial charge in [-0.2, -0.15) is 0 Å². The van der Waals surface area contributed by atoms with Crippen molar-refractivity contribution in [2.45, 2.75) is 19.3 Å². The average Bonchev–Trinajstić information content (AvgIpc) is 4.00. The third-order valence-electron chi connectivity index (χ3n) is 11.6. The Hall–Kier alpha value is -6.38. The minimum Gasteiger partial charge on any atom is -0.478 e. The van der Waals surface area contributed by atoms with Gasteiger partial charge in [0.1, 0.15) is 0 Å². The van der Waals surface area contributed by atoms with Gasteiger partial charge in [-0.25, -0.2) is 4.79 Å². The van der Waals surface area contributed by atoms with E-state index in [2.05, 4.69) is 189 Å². The predicted molar refractivity (Wildman–Crippen MR) is 247 cm³/mol. The Balaban J connectivity index is 1.08. The highest BCUT2D eigenvalue weighted by Gasteiger charge is 2.51. The zero-order valence-corrected chi connectivity index (χ0v) is 34.6. The summed E-state index contributed by atoms with van der Waals surface area (Å²) in [5.74, 6) is -0.925. The number of allylic oxidation sites excluding steroid dienone is 1. The lowest BCUT2D eigenvalue weighted by atomic mass is 9.81. The Morgan fingerprint density at radius 3 is 1.74 bits per heavy atom. The first-order valence-electron chi connectivity index (χ1n) is 19.4. The second-order valence-corrected chi connectivity index (χ2v) is 21.1. The number of aliphatic imine (C=N–C) groups is 1. The van der Waals surface area contributed by atoms with E-state index in [0.717, 1.165) is 34.0 Å². The first kappa shape index (κ1) is 36.0. The summed E-state index contributed by atoms with van der Waals surface area (Å²) in [6.07, 6.45) is 4.34. The third-order valence-corrected chi connectivity index (χ3v) is 19.2. The topological polar surface area (TPSA) is 52.9 Å². The quantitative estimate of drug-likeness (QED) is 0.148. The normalized spacial score (nSPS) is 14.5. The minimum atomic E-state index is -2.70. The summed E-state index contributed by atoms with van der Waals surface area (Å²) in [5.41, 5.74) is 7.12. The molecule has 0 spiro atoms. The molecule has 58 heavy (non-hydrogen) atoms. The molecule has 10 rings (SSSR count). The zero-order valence-electron chi connectivity index (χ0n) is 32.0. The highest BCUT2D eigenvalue weighted by Crippen LogP contribution is 2.45. The third kappa shape index (κ3) is 5.85. The fraction of sp³-hybridized carbons (Fsp3) is 0.0588. The van der Waals surface area contributed by atoms with Gasteiger partial charge in [0.05, 0.1) is 17.0 Å². The Morgan fingerprint density at radius 2 is 1.16 bits per heavy atom. The number of fused-ring (bicyclic) bond motifs is 4. The van der Waals surface area contributed by atoms with E-state index in [1.807, 2.05) is 28.7 Å². The van der Waals surface area contributed by atoms with E-state index in [1.165, 1.54) is 45.8 Å². The maximum Gasteiger partial charge on any atom is 0.335 e. The van der Waals surface area contributed by atoms with Crippen LogP contribution in [0, 0.1) is 0 Å². The molecular formula is C51H38N2O2S2Si. The van der Waals surface area contributed by atoms with Gasteiger partial charge in [-0.05, 0) is 111 Å². The number of carboxylic acids is 1. The van der Waals surface area contributed by atoms with Crippen LogP contribution in [0.5, 0.6) is 0 Å². The molecule has 0 unspecified atom stereocenters. The molecule has 0 bridgehead atoms. The van der Waals surface area contributed by atoms with Crippen LogP contribution in [0.15, 0.2) is 187 Å². The number of anilines is 3. The van der Waals surface area contributed by atoms with Gasteiger partial charge in [0.15, 0.2) is 8.07 Å². The van der Waals surface area contributed by atoms with Gasteiger partial charge in [0.25, 0.3) is 0 Å². The molecule has 0 atom stereocenters. The molecule has 2 aliphatic heterocycles. The van der Waals surface area contributed by atoms with Gasteiger partial charge in [-0.1, -0.05) is 123 Å². The largest absolute Gasteiger partial charge is 0.478 e. The number of thiophene rings is 2. The van der Waals surface area contributed by atoms with Crippen LogP contribution in [-0.4, -0.2) is 24.9 Å². The number of hydrogen-bond acceptors (Lipinski definition) is 5. The van der Waals surface area contributed by atoms with Gasteiger partial charge in [0, 0.05) is 42.0 Å². The van der Waals surface area contributed by atoms with E-state index in [4.69, 9.17) is 4.99 Å². The summed E-state index contributed by atoms with van der Waals surface area (Å²) < 4.78 is 0. The number of hydrogen-bond donors (Lipinski definition) is 1. The first-order chi connectivity index (χ1) is 28.3. The van der Waals surface area contributed by atoms with Crippen molar-refractivity contribution in [3.05, 3.63) is 198 Å². The highest BCUT2D eigenvalue weighted by molar-refractivity contribution is 7.35. The molecule has 8 aromatic rings. The molecule has 4 nitrogen and oxygen atoms in total. The Kier molecular flexibility index (Phi) is 8.82. The fourth-order valence-corrected chi connectivity index (χ4v) is 17.4. The van der Waals surface area contributed by atoms with Gasteiger partial charge >= 0.3 is 5.97 Å². The summed E-state index contributed by atoms with van der Waals surface area (Å²) >= 11 is 3.76. The number of benzene rings is 6. The van der Waals surface area contributed by atoms with Crippen LogP contribution in [-0.2, 0) is 5.41 Å². The van der Waals surface area contributed by atoms with Crippen LogP contribution in [0.25, 0.3) is 26.3 Å². The zero-order chi connectivity index (χ0) is 39.4. The van der Waals surface area contributed by atoms with Gasteiger partial charge in [-0.15, -0.1) is 22.7 Å². The lowest BCUT2D eigenvalue weighted by Crippen LogP contribution is -2.72. The number of carbonyl (C=O) groups is 1. The minimum absolute atomic E-state index is 0.286. The van der Waals surface area contributed by atoms with Gasteiger partial charge < -0.3 is 10.0 Å². The Bertz CT molecular complexity index is 2800. The second-order valence-electron chi connectivity index (χ2n) is 15.3. The van der Waals surface area contributed by atoms with Crippen molar-refractivity contribution < 1.29 is 9.90 Å². The Morgan fingerprint density at radius 1 is 0.621 bits per heavy atom. The second kappa shape index (κ2) is 14.2. The van der Waals surface area contributed by atoms with Crippen molar-refractivity contribution in [2.24, 2.45) is 4.99 Å². The van der Waals surface area contributed by atoms with Crippen molar-refractivity contribution >= 4 is 92.0 Å². The molecule has 280 valence electrons. The van der Waals surface area contributed by atoms with Crippen LogP contribution < -0.4 is 25.6 Å². The number of nitrogens with zero attached hydrogens (tertiary/aromatic N) is 2. The molecule has 6 aromatic carbocycles. The molecule has 2 aliphatic rings. The number of aromatic carboxylic acids is 1. The summed E-state index contributed by atoms with van der Waals surface area (Å²) in [6.45, 7) is 4.25. The van der Waals surface area contributed by atoms with Crippen LogP contribution >= 0.6 is 22.7 Å². The standard InChI is InChI=1S/C51H38N2O2S2Si/c1-51(2)42-31-35(50(54)55)25-29-43(42)52-47(51)30-28-39-32-45-48(56-39)49-46(58(45,40-19-11-5-12-20-40)41-21-13-6-14-22-41)33-44(57-49)34-23-26-38(27-24-34)53(36-15-7-3-8-16-36)37-17-9-4-10-18-37/h3-33H,1-2H3,(H,54,55)/b30-28+. The molecule has 1 N–H and O–H groups in total. The molecule has 0 saturated carbocycles. The molecule has 0 amide bonds. The number of carboxylic acid groups (broad SMARTS) is 1. The first-order valence-corrected chi connectivity index (χ1v) is 23.0.